The first-order valence-electron chi connectivity index (χ1n) is 5.38. The standard InChI is InChI=1S/C11H15ClIN3/c12-10-5-7(13)4-9(16-10)11(15)3-1-2-8(14)6-11/h4-5,8H,1-3,6,14-15H2. The van der Waals surface area contributed by atoms with Crippen molar-refractivity contribution in [2.45, 2.75) is 37.3 Å². The van der Waals surface area contributed by atoms with Crippen molar-refractivity contribution in [2.75, 3.05) is 0 Å². The van der Waals surface area contributed by atoms with Gasteiger partial charge >= 0.3 is 0 Å². The maximum Gasteiger partial charge on any atom is 0.130 e. The lowest BCUT2D eigenvalue weighted by atomic mass is 9.78. The summed E-state index contributed by atoms with van der Waals surface area (Å²) in [6, 6.07) is 4.01. The first-order chi connectivity index (χ1) is 7.49. The molecule has 88 valence electrons. The fraction of sp³-hybridized carbons (Fsp3) is 0.545. The van der Waals surface area contributed by atoms with E-state index in [2.05, 4.69) is 27.6 Å². The second-order valence-electron chi connectivity index (χ2n) is 4.51. The zero-order chi connectivity index (χ0) is 11.8. The molecular weight excluding hydrogens is 336 g/mol. The van der Waals surface area contributed by atoms with Gasteiger partial charge < -0.3 is 11.5 Å². The molecule has 1 aromatic rings. The third kappa shape index (κ3) is 2.67. The summed E-state index contributed by atoms with van der Waals surface area (Å²) in [5.41, 5.74) is 12.9. The molecule has 4 N–H and O–H groups in total. The second kappa shape index (κ2) is 4.76. The van der Waals surface area contributed by atoms with E-state index in [1.807, 2.05) is 12.1 Å². The molecule has 0 aromatic carbocycles. The van der Waals surface area contributed by atoms with Gasteiger partial charge in [-0.05, 0) is 60.4 Å². The molecular formula is C11H15ClIN3. The lowest BCUT2D eigenvalue weighted by molar-refractivity contribution is 0.267. The summed E-state index contributed by atoms with van der Waals surface area (Å²) in [5, 5.41) is 0.505. The Kier molecular flexibility index (Phi) is 3.73. The Balaban J connectivity index is 2.34. The van der Waals surface area contributed by atoms with E-state index < -0.39 is 5.54 Å². The van der Waals surface area contributed by atoms with Crippen molar-refractivity contribution in [3.8, 4) is 0 Å². The van der Waals surface area contributed by atoms with E-state index in [1.165, 1.54) is 0 Å². The molecule has 1 aliphatic carbocycles. The van der Waals surface area contributed by atoms with Crippen LogP contribution in [0.4, 0.5) is 0 Å². The number of pyridine rings is 1. The molecule has 5 heteroatoms. The minimum atomic E-state index is -0.400. The highest BCUT2D eigenvalue weighted by molar-refractivity contribution is 14.1. The van der Waals surface area contributed by atoms with E-state index >= 15 is 0 Å². The highest BCUT2D eigenvalue weighted by Crippen LogP contribution is 2.34. The molecule has 1 aromatic heterocycles. The lowest BCUT2D eigenvalue weighted by Crippen LogP contribution is -2.46. The zero-order valence-electron chi connectivity index (χ0n) is 8.92. The number of hydrogen-bond donors (Lipinski definition) is 2. The maximum absolute atomic E-state index is 6.40. The number of nitrogens with zero attached hydrogens (tertiary/aromatic N) is 1. The summed E-state index contributed by atoms with van der Waals surface area (Å²) in [5.74, 6) is 0. The van der Waals surface area contributed by atoms with E-state index in [4.69, 9.17) is 23.1 Å². The Morgan fingerprint density at radius 2 is 2.25 bits per heavy atom. The minimum Gasteiger partial charge on any atom is -0.328 e. The molecule has 1 aliphatic rings. The van der Waals surface area contributed by atoms with Crippen molar-refractivity contribution >= 4 is 34.2 Å². The van der Waals surface area contributed by atoms with Crippen molar-refractivity contribution in [2.24, 2.45) is 11.5 Å². The van der Waals surface area contributed by atoms with Crippen LogP contribution >= 0.6 is 34.2 Å². The van der Waals surface area contributed by atoms with E-state index in [9.17, 15) is 0 Å². The Labute approximate surface area is 114 Å². The second-order valence-corrected chi connectivity index (χ2v) is 6.14. The summed E-state index contributed by atoms with van der Waals surface area (Å²) in [6.45, 7) is 0. The summed E-state index contributed by atoms with van der Waals surface area (Å²) < 4.78 is 1.07. The third-order valence-corrected chi connectivity index (χ3v) is 3.91. The predicted molar refractivity (Wildman–Crippen MR) is 74.3 cm³/mol. The van der Waals surface area contributed by atoms with Crippen LogP contribution in [0.1, 0.15) is 31.4 Å². The molecule has 2 rings (SSSR count). The molecule has 0 amide bonds. The van der Waals surface area contributed by atoms with Gasteiger partial charge in [-0.15, -0.1) is 0 Å². The molecule has 0 aliphatic heterocycles. The molecule has 0 bridgehead atoms. The van der Waals surface area contributed by atoms with Crippen LogP contribution in [0.3, 0.4) is 0 Å². The van der Waals surface area contributed by atoms with Crippen molar-refractivity contribution in [1.29, 1.82) is 0 Å². The van der Waals surface area contributed by atoms with E-state index in [1.54, 1.807) is 0 Å². The van der Waals surface area contributed by atoms with E-state index in [0.29, 0.717) is 5.15 Å². The van der Waals surface area contributed by atoms with Crippen LogP contribution in [0.25, 0.3) is 0 Å². The molecule has 16 heavy (non-hydrogen) atoms. The van der Waals surface area contributed by atoms with Crippen LogP contribution in [-0.2, 0) is 5.54 Å². The van der Waals surface area contributed by atoms with Gasteiger partial charge in [0.25, 0.3) is 0 Å². The number of hydrogen-bond acceptors (Lipinski definition) is 3. The topological polar surface area (TPSA) is 64.9 Å². The average Bonchev–Trinajstić information content (AvgIpc) is 2.15. The quantitative estimate of drug-likeness (QED) is 0.603. The van der Waals surface area contributed by atoms with Crippen LogP contribution in [-0.4, -0.2) is 11.0 Å². The monoisotopic (exact) mass is 351 g/mol. The highest BCUT2D eigenvalue weighted by atomic mass is 127. The van der Waals surface area contributed by atoms with Crippen LogP contribution in [0.5, 0.6) is 0 Å². The normalized spacial score (nSPS) is 30.4. The maximum atomic E-state index is 6.40. The van der Waals surface area contributed by atoms with Crippen molar-refractivity contribution in [1.82, 2.24) is 4.98 Å². The zero-order valence-corrected chi connectivity index (χ0v) is 11.8. The SMILES string of the molecule is NC1CCCC(N)(c2cc(I)cc(Cl)n2)C1. The van der Waals surface area contributed by atoms with Crippen molar-refractivity contribution < 1.29 is 0 Å². The van der Waals surface area contributed by atoms with Crippen molar-refractivity contribution in [3.63, 3.8) is 0 Å². The molecule has 3 nitrogen and oxygen atoms in total. The fourth-order valence-electron chi connectivity index (χ4n) is 2.31. The average molecular weight is 352 g/mol. The lowest BCUT2D eigenvalue weighted by Gasteiger charge is -2.36. The van der Waals surface area contributed by atoms with Crippen LogP contribution in [0, 0.1) is 3.57 Å². The van der Waals surface area contributed by atoms with Gasteiger partial charge in [0, 0.05) is 9.61 Å². The molecule has 1 heterocycles. The molecule has 2 atom stereocenters. The van der Waals surface area contributed by atoms with Gasteiger partial charge in [-0.1, -0.05) is 11.6 Å². The first-order valence-corrected chi connectivity index (χ1v) is 6.83. The van der Waals surface area contributed by atoms with Crippen LogP contribution in [0.2, 0.25) is 5.15 Å². The Morgan fingerprint density at radius 3 is 2.88 bits per heavy atom. The van der Waals surface area contributed by atoms with Gasteiger partial charge in [-0.3, -0.25) is 0 Å². The Morgan fingerprint density at radius 1 is 1.50 bits per heavy atom. The van der Waals surface area contributed by atoms with Gasteiger partial charge in [-0.2, -0.15) is 0 Å². The van der Waals surface area contributed by atoms with Gasteiger partial charge in [-0.25, -0.2) is 4.98 Å². The molecule has 2 unspecified atom stereocenters. The summed E-state index contributed by atoms with van der Waals surface area (Å²) >= 11 is 8.19. The summed E-state index contributed by atoms with van der Waals surface area (Å²) in [7, 11) is 0. The van der Waals surface area contributed by atoms with Gasteiger partial charge in [0.15, 0.2) is 0 Å². The molecule has 1 fully saturated rings. The Bertz CT molecular complexity index is 379. The molecule has 0 saturated heterocycles. The van der Waals surface area contributed by atoms with Gasteiger partial charge in [0.05, 0.1) is 11.2 Å². The van der Waals surface area contributed by atoms with Crippen molar-refractivity contribution in [3.05, 3.63) is 26.5 Å². The fourth-order valence-corrected chi connectivity index (χ4v) is 3.29. The van der Waals surface area contributed by atoms with E-state index in [0.717, 1.165) is 34.9 Å². The molecule has 1 saturated carbocycles. The van der Waals surface area contributed by atoms with Crippen LogP contribution in [0.15, 0.2) is 12.1 Å². The van der Waals surface area contributed by atoms with Gasteiger partial charge in [0.1, 0.15) is 5.15 Å². The Hall–Kier alpha value is 0.0900. The summed E-state index contributed by atoms with van der Waals surface area (Å²) in [4.78, 5) is 4.34. The minimum absolute atomic E-state index is 0.178. The molecule has 0 radical (unpaired) electrons. The largest absolute Gasteiger partial charge is 0.328 e. The predicted octanol–water partition coefficient (Wildman–Crippen LogP) is 2.39. The van der Waals surface area contributed by atoms with E-state index in [-0.39, 0.29) is 6.04 Å². The number of nitrogens with two attached hydrogens (primary N) is 2. The molecule has 0 spiro atoms. The third-order valence-electron chi connectivity index (χ3n) is 3.09. The highest BCUT2D eigenvalue weighted by Gasteiger charge is 2.34. The smallest absolute Gasteiger partial charge is 0.130 e. The number of aromatic nitrogens is 1. The number of halogens is 2. The number of rotatable bonds is 1. The summed E-state index contributed by atoms with van der Waals surface area (Å²) in [6.07, 6.45) is 3.83. The van der Waals surface area contributed by atoms with Crippen LogP contribution < -0.4 is 11.5 Å². The first kappa shape index (κ1) is 12.5. The van der Waals surface area contributed by atoms with Gasteiger partial charge in [0.2, 0.25) is 0 Å².